The first-order valence-electron chi connectivity index (χ1n) is 10.3. The van der Waals surface area contributed by atoms with E-state index in [1.165, 1.54) is 0 Å². The molecule has 2 aliphatic rings. The van der Waals surface area contributed by atoms with E-state index < -0.39 is 17.7 Å². The second kappa shape index (κ2) is 8.22. The van der Waals surface area contributed by atoms with E-state index in [4.69, 9.17) is 9.47 Å². The number of Topliss-reactive ketones (excluding diaryl/α,β-unsaturated/α-hetero) is 1. The Labute approximate surface area is 175 Å². The van der Waals surface area contributed by atoms with Crippen molar-refractivity contribution in [2.75, 3.05) is 13.3 Å². The molecule has 0 aromatic heterocycles. The molecule has 1 atom stereocenters. The summed E-state index contributed by atoms with van der Waals surface area (Å²) in [4.78, 5) is 27.5. The van der Waals surface area contributed by atoms with E-state index in [0.717, 1.165) is 30.4 Å². The quantitative estimate of drug-likeness (QED) is 0.334. The van der Waals surface area contributed by atoms with Crippen molar-refractivity contribution in [2.24, 2.45) is 0 Å². The van der Waals surface area contributed by atoms with Gasteiger partial charge < -0.3 is 19.5 Å². The first-order valence-corrected chi connectivity index (χ1v) is 10.3. The van der Waals surface area contributed by atoms with Gasteiger partial charge in [0.05, 0.1) is 11.6 Å². The molecule has 4 rings (SSSR count). The number of ketones is 1. The number of aliphatic hydroxyl groups excluding tert-OH is 1. The number of aryl methyl sites for hydroxylation is 1. The number of carbonyl (C=O) groups excluding carboxylic acids is 2. The Bertz CT molecular complexity index is 1030. The Hall–Kier alpha value is -3.28. The molecule has 156 valence electrons. The molecule has 1 N–H and O–H groups in total. The molecule has 0 spiro atoms. The van der Waals surface area contributed by atoms with Crippen molar-refractivity contribution < 1.29 is 24.2 Å². The maximum absolute atomic E-state index is 13.0. The summed E-state index contributed by atoms with van der Waals surface area (Å²) in [5, 5.41) is 11.1. The van der Waals surface area contributed by atoms with Gasteiger partial charge in [-0.3, -0.25) is 9.59 Å². The number of fused-ring (bicyclic) bond motifs is 1. The second-order valence-electron chi connectivity index (χ2n) is 7.68. The van der Waals surface area contributed by atoms with Crippen LogP contribution in [0.1, 0.15) is 48.9 Å². The van der Waals surface area contributed by atoms with Crippen molar-refractivity contribution in [1.82, 2.24) is 4.90 Å². The predicted octanol–water partition coefficient (Wildman–Crippen LogP) is 4.34. The number of benzene rings is 2. The van der Waals surface area contributed by atoms with Crippen LogP contribution in [0.25, 0.3) is 5.76 Å². The molecular formula is C24H25NO5. The molecule has 30 heavy (non-hydrogen) atoms. The lowest BCUT2D eigenvalue weighted by Crippen LogP contribution is -2.30. The summed E-state index contributed by atoms with van der Waals surface area (Å²) in [6.45, 7) is 4.63. The topological polar surface area (TPSA) is 76.1 Å². The van der Waals surface area contributed by atoms with Gasteiger partial charge in [0, 0.05) is 12.1 Å². The highest BCUT2D eigenvalue weighted by Crippen LogP contribution is 2.41. The van der Waals surface area contributed by atoms with Gasteiger partial charge in [-0.25, -0.2) is 0 Å². The van der Waals surface area contributed by atoms with Crippen LogP contribution in [0.3, 0.4) is 0 Å². The lowest BCUT2D eigenvalue weighted by Gasteiger charge is -2.25. The highest BCUT2D eigenvalue weighted by atomic mass is 16.7. The molecule has 0 saturated carbocycles. The van der Waals surface area contributed by atoms with E-state index in [2.05, 4.69) is 6.92 Å². The molecule has 2 aromatic carbocycles. The Morgan fingerprint density at radius 2 is 1.90 bits per heavy atom. The predicted molar refractivity (Wildman–Crippen MR) is 112 cm³/mol. The van der Waals surface area contributed by atoms with Crippen LogP contribution in [-0.2, 0) is 9.59 Å². The number of carbonyl (C=O) groups is 2. The summed E-state index contributed by atoms with van der Waals surface area (Å²) in [7, 11) is 0. The van der Waals surface area contributed by atoms with Crippen LogP contribution in [0.4, 0.5) is 0 Å². The standard InChI is InChI=1S/C24H25NO5/c1-3-4-5-11-25-21(16-8-6-7-15(2)12-16)20(23(27)24(25)28)22(26)17-9-10-18-19(13-17)30-14-29-18/h6-10,12-13,21,26H,3-5,11,14H2,1-2H3/b22-20-. The molecule has 2 aromatic rings. The van der Waals surface area contributed by atoms with E-state index in [-0.39, 0.29) is 18.1 Å². The van der Waals surface area contributed by atoms with E-state index in [1.54, 1.807) is 23.1 Å². The Morgan fingerprint density at radius 1 is 1.10 bits per heavy atom. The number of hydrogen-bond acceptors (Lipinski definition) is 5. The third-order valence-electron chi connectivity index (χ3n) is 5.55. The number of likely N-dealkylation sites (tertiary alicyclic amines) is 1. The molecule has 1 amide bonds. The number of aliphatic hydroxyl groups is 1. The molecule has 6 heteroatoms. The average Bonchev–Trinajstić information content (AvgIpc) is 3.31. The van der Waals surface area contributed by atoms with E-state index >= 15 is 0 Å². The average molecular weight is 407 g/mol. The highest BCUT2D eigenvalue weighted by Gasteiger charge is 2.45. The lowest BCUT2D eigenvalue weighted by atomic mass is 9.94. The first-order chi connectivity index (χ1) is 14.5. The maximum Gasteiger partial charge on any atom is 0.295 e. The minimum Gasteiger partial charge on any atom is -0.507 e. The summed E-state index contributed by atoms with van der Waals surface area (Å²) in [6.07, 6.45) is 2.78. The van der Waals surface area contributed by atoms with Crippen LogP contribution < -0.4 is 9.47 Å². The fraction of sp³-hybridized carbons (Fsp3) is 0.333. The normalized spacial score (nSPS) is 19.5. The number of nitrogens with zero attached hydrogens (tertiary/aromatic N) is 1. The lowest BCUT2D eigenvalue weighted by molar-refractivity contribution is -0.139. The van der Waals surface area contributed by atoms with Crippen molar-refractivity contribution in [1.29, 1.82) is 0 Å². The molecule has 0 bridgehead atoms. The summed E-state index contributed by atoms with van der Waals surface area (Å²) in [5.74, 6) is -0.339. The SMILES string of the molecule is CCCCCN1C(=O)C(=O)/C(=C(\O)c2ccc3c(c2)OCO3)C1c1cccc(C)c1. The second-order valence-corrected chi connectivity index (χ2v) is 7.68. The summed E-state index contributed by atoms with van der Waals surface area (Å²) < 4.78 is 10.7. The Balaban J connectivity index is 1.81. The third kappa shape index (κ3) is 3.54. The van der Waals surface area contributed by atoms with Crippen molar-refractivity contribution in [2.45, 2.75) is 39.2 Å². The monoisotopic (exact) mass is 407 g/mol. The van der Waals surface area contributed by atoms with Gasteiger partial charge in [-0.2, -0.15) is 0 Å². The van der Waals surface area contributed by atoms with Gasteiger partial charge in [-0.15, -0.1) is 0 Å². The van der Waals surface area contributed by atoms with Crippen LogP contribution in [0, 0.1) is 6.92 Å². The van der Waals surface area contributed by atoms with Crippen molar-refractivity contribution in [3.63, 3.8) is 0 Å². The molecule has 2 aliphatic heterocycles. The fourth-order valence-electron chi connectivity index (χ4n) is 4.03. The third-order valence-corrected chi connectivity index (χ3v) is 5.55. The van der Waals surface area contributed by atoms with Gasteiger partial charge in [0.2, 0.25) is 6.79 Å². The number of ether oxygens (including phenoxy) is 2. The maximum atomic E-state index is 13.0. The molecule has 1 fully saturated rings. The summed E-state index contributed by atoms with van der Waals surface area (Å²) >= 11 is 0. The number of unbranched alkanes of at least 4 members (excludes halogenated alkanes) is 2. The Kier molecular flexibility index (Phi) is 5.48. The smallest absolute Gasteiger partial charge is 0.295 e. The minimum absolute atomic E-state index is 0.112. The zero-order valence-electron chi connectivity index (χ0n) is 17.2. The van der Waals surface area contributed by atoms with Gasteiger partial charge in [0.1, 0.15) is 5.76 Å². The van der Waals surface area contributed by atoms with E-state index in [1.807, 2.05) is 31.2 Å². The van der Waals surface area contributed by atoms with Crippen LogP contribution in [-0.4, -0.2) is 35.0 Å². The fourth-order valence-corrected chi connectivity index (χ4v) is 4.03. The van der Waals surface area contributed by atoms with Gasteiger partial charge in [-0.1, -0.05) is 49.6 Å². The minimum atomic E-state index is -0.659. The molecule has 0 radical (unpaired) electrons. The summed E-state index contributed by atoms with van der Waals surface area (Å²) in [6, 6.07) is 12.1. The number of rotatable bonds is 6. The van der Waals surface area contributed by atoms with Crippen molar-refractivity contribution >= 4 is 17.4 Å². The van der Waals surface area contributed by atoms with Crippen LogP contribution in [0.5, 0.6) is 11.5 Å². The van der Waals surface area contributed by atoms with E-state index in [0.29, 0.717) is 23.6 Å². The molecule has 6 nitrogen and oxygen atoms in total. The molecule has 0 aliphatic carbocycles. The zero-order chi connectivity index (χ0) is 21.3. The first kappa shape index (κ1) is 20.0. The highest BCUT2D eigenvalue weighted by molar-refractivity contribution is 6.46. The van der Waals surface area contributed by atoms with Gasteiger partial charge in [0.15, 0.2) is 11.5 Å². The van der Waals surface area contributed by atoms with Crippen molar-refractivity contribution in [3.05, 3.63) is 64.7 Å². The molecule has 1 unspecified atom stereocenters. The van der Waals surface area contributed by atoms with Crippen molar-refractivity contribution in [3.8, 4) is 11.5 Å². The van der Waals surface area contributed by atoms with Gasteiger partial charge >= 0.3 is 0 Å². The van der Waals surface area contributed by atoms with Gasteiger partial charge in [0.25, 0.3) is 11.7 Å². The van der Waals surface area contributed by atoms with Crippen LogP contribution >= 0.6 is 0 Å². The molecule has 1 saturated heterocycles. The largest absolute Gasteiger partial charge is 0.507 e. The zero-order valence-corrected chi connectivity index (χ0v) is 17.2. The number of hydrogen-bond donors (Lipinski definition) is 1. The van der Waals surface area contributed by atoms with E-state index in [9.17, 15) is 14.7 Å². The van der Waals surface area contributed by atoms with Gasteiger partial charge in [-0.05, 0) is 37.1 Å². The summed E-state index contributed by atoms with van der Waals surface area (Å²) in [5.41, 5.74) is 2.37. The van der Waals surface area contributed by atoms with Crippen LogP contribution in [0.15, 0.2) is 48.0 Å². The van der Waals surface area contributed by atoms with Crippen LogP contribution in [0.2, 0.25) is 0 Å². The Morgan fingerprint density at radius 3 is 2.67 bits per heavy atom. The molecular weight excluding hydrogens is 382 g/mol. The molecule has 2 heterocycles. The number of amides is 1.